The molecule has 6 atom stereocenters. The van der Waals surface area contributed by atoms with Gasteiger partial charge in [0.05, 0.1) is 6.61 Å². The van der Waals surface area contributed by atoms with Crippen LogP contribution in [0.2, 0.25) is 0 Å². The van der Waals surface area contributed by atoms with Crippen molar-refractivity contribution in [3.8, 4) is 0 Å². The molecule has 4 rings (SSSR count). The van der Waals surface area contributed by atoms with Crippen LogP contribution in [0.25, 0.3) is 0 Å². The molecular weight excluding hydrogens is 424 g/mol. The number of ketones is 2. The first kappa shape index (κ1) is 24.0. The summed E-state index contributed by atoms with van der Waals surface area (Å²) in [4.78, 5) is 25.2. The molecule has 0 radical (unpaired) electrons. The number of allylic oxidation sites excluding steroid dienone is 1. The fourth-order valence-corrected chi connectivity index (χ4v) is 7.72. The lowest BCUT2D eigenvalue weighted by Crippen LogP contribution is -2.58. The number of aliphatic hydroxyl groups is 1. The molecule has 0 aromatic rings. The van der Waals surface area contributed by atoms with Gasteiger partial charge in [-0.05, 0) is 86.4 Å². The highest BCUT2D eigenvalue weighted by Crippen LogP contribution is 2.67. The molecular formula is C26H38O5S. The summed E-state index contributed by atoms with van der Waals surface area (Å²) < 4.78 is 10.9. The third kappa shape index (κ3) is 3.80. The molecule has 4 aliphatic carbocycles. The maximum absolute atomic E-state index is 13.2. The highest BCUT2D eigenvalue weighted by Gasteiger charge is 2.66. The van der Waals surface area contributed by atoms with Gasteiger partial charge < -0.3 is 14.6 Å². The Balaban J connectivity index is 1.43. The number of carbonyl (C=O) groups is 2. The van der Waals surface area contributed by atoms with Gasteiger partial charge in [-0.2, -0.15) is 0 Å². The van der Waals surface area contributed by atoms with E-state index < -0.39 is 11.0 Å². The zero-order chi connectivity index (χ0) is 23.1. The monoisotopic (exact) mass is 462 g/mol. The lowest BCUT2D eigenvalue weighted by Gasteiger charge is -2.58. The zero-order valence-corrected chi connectivity index (χ0v) is 20.6. The van der Waals surface area contributed by atoms with Crippen molar-refractivity contribution in [1.29, 1.82) is 0 Å². The van der Waals surface area contributed by atoms with Crippen molar-refractivity contribution < 1.29 is 24.2 Å². The molecule has 6 heteroatoms. The number of ether oxygens (including phenoxy) is 2. The van der Waals surface area contributed by atoms with Crippen LogP contribution in [0.3, 0.4) is 0 Å². The Morgan fingerprint density at radius 2 is 1.88 bits per heavy atom. The minimum atomic E-state index is -1.32. The molecule has 0 amide bonds. The van der Waals surface area contributed by atoms with Crippen molar-refractivity contribution in [1.82, 2.24) is 0 Å². The minimum absolute atomic E-state index is 0.0815. The van der Waals surface area contributed by atoms with E-state index in [0.717, 1.165) is 38.5 Å². The summed E-state index contributed by atoms with van der Waals surface area (Å²) in [5.74, 6) is 1.48. The van der Waals surface area contributed by atoms with Gasteiger partial charge in [0.2, 0.25) is 0 Å². The third-order valence-corrected chi connectivity index (χ3v) is 9.99. The summed E-state index contributed by atoms with van der Waals surface area (Å²) in [5.41, 5.74) is -0.273. The maximum atomic E-state index is 13.2. The molecule has 178 valence electrons. The third-order valence-electron chi connectivity index (χ3n) is 9.59. The van der Waals surface area contributed by atoms with E-state index in [1.54, 1.807) is 0 Å². The number of fused-ring (bicyclic) bond motifs is 5. The Morgan fingerprint density at radius 1 is 1.12 bits per heavy atom. The van der Waals surface area contributed by atoms with Gasteiger partial charge in [0.1, 0.15) is 18.8 Å². The van der Waals surface area contributed by atoms with Gasteiger partial charge in [0.15, 0.2) is 16.6 Å². The molecule has 0 saturated heterocycles. The molecule has 0 aliphatic heterocycles. The lowest BCUT2D eigenvalue weighted by molar-refractivity contribution is -0.166. The molecule has 0 spiro atoms. The topological polar surface area (TPSA) is 72.8 Å². The highest BCUT2D eigenvalue weighted by atomic mass is 32.1. The molecule has 3 fully saturated rings. The molecule has 0 heterocycles. The molecule has 4 aliphatic rings. The maximum Gasteiger partial charge on any atom is 0.190 e. The first-order valence-electron chi connectivity index (χ1n) is 12.4. The summed E-state index contributed by atoms with van der Waals surface area (Å²) in [6.07, 6.45) is 9.53. The van der Waals surface area contributed by atoms with E-state index in [9.17, 15) is 14.7 Å². The van der Waals surface area contributed by atoms with Crippen LogP contribution >= 0.6 is 12.2 Å². The predicted molar refractivity (Wildman–Crippen MR) is 126 cm³/mol. The van der Waals surface area contributed by atoms with Gasteiger partial charge in [0, 0.05) is 18.3 Å². The number of Topliss-reactive ketones (excluding diaryl/α,β-unsaturated/α-hetero) is 1. The number of rotatable bonds is 7. The van der Waals surface area contributed by atoms with Crippen LogP contribution in [0.15, 0.2) is 11.6 Å². The van der Waals surface area contributed by atoms with Gasteiger partial charge in [-0.1, -0.05) is 26.3 Å². The molecule has 0 unspecified atom stereocenters. The Kier molecular flexibility index (Phi) is 6.70. The Labute approximate surface area is 197 Å². The van der Waals surface area contributed by atoms with Crippen LogP contribution in [0.5, 0.6) is 0 Å². The Bertz CT molecular complexity index is 821. The molecule has 0 aromatic heterocycles. The van der Waals surface area contributed by atoms with E-state index in [1.165, 1.54) is 5.57 Å². The number of hydrogen-bond donors (Lipinski definition) is 1. The van der Waals surface area contributed by atoms with Crippen LogP contribution in [0, 0.1) is 28.6 Å². The summed E-state index contributed by atoms with van der Waals surface area (Å²) in [7, 11) is 0. The molecule has 0 aromatic carbocycles. The Hall–Kier alpha value is -1.11. The van der Waals surface area contributed by atoms with Gasteiger partial charge in [0.25, 0.3) is 0 Å². The number of carbonyl (C=O) groups excluding carboxylic acids is 2. The fourth-order valence-electron chi connectivity index (χ4n) is 7.63. The average Bonchev–Trinajstić information content (AvgIpc) is 3.05. The van der Waals surface area contributed by atoms with E-state index in [2.05, 4.69) is 13.8 Å². The summed E-state index contributed by atoms with van der Waals surface area (Å²) >= 11 is 5.03. The summed E-state index contributed by atoms with van der Waals surface area (Å²) in [6.45, 7) is 6.97. The van der Waals surface area contributed by atoms with Gasteiger partial charge in [-0.15, -0.1) is 0 Å². The van der Waals surface area contributed by atoms with Crippen molar-refractivity contribution in [2.24, 2.45) is 28.6 Å². The fraction of sp³-hybridized carbons (Fsp3) is 0.808. The molecule has 0 bridgehead atoms. The van der Waals surface area contributed by atoms with Crippen molar-refractivity contribution >= 4 is 28.8 Å². The second-order valence-corrected chi connectivity index (χ2v) is 11.3. The summed E-state index contributed by atoms with van der Waals surface area (Å²) in [6, 6.07) is 0. The van der Waals surface area contributed by atoms with Crippen LogP contribution in [-0.4, -0.2) is 47.1 Å². The van der Waals surface area contributed by atoms with Gasteiger partial charge >= 0.3 is 0 Å². The van der Waals surface area contributed by atoms with E-state index in [1.807, 2.05) is 13.0 Å². The van der Waals surface area contributed by atoms with Crippen LogP contribution < -0.4 is 0 Å². The second-order valence-electron chi connectivity index (χ2n) is 10.9. The van der Waals surface area contributed by atoms with E-state index in [-0.39, 0.29) is 23.6 Å². The zero-order valence-electron chi connectivity index (χ0n) is 19.8. The quantitative estimate of drug-likeness (QED) is 0.441. The standard InChI is InChI=1S/C26H38O5S/c1-4-23(32)31-14-13-30-16-22(28)26(29)12-9-21-19-6-5-17-15-18(27)7-10-24(17,2)20(19)8-11-25(21,26)3/h15,19-21,29H,4-14,16H2,1-3H3/t19-,20+,21+,24+,25+,26+/m1/s1. The first-order chi connectivity index (χ1) is 15.2. The average molecular weight is 463 g/mol. The number of thiocarbonyl (C=S) groups is 1. The highest BCUT2D eigenvalue weighted by molar-refractivity contribution is 7.80. The van der Waals surface area contributed by atoms with E-state index >= 15 is 0 Å². The number of hydrogen-bond acceptors (Lipinski definition) is 6. The smallest absolute Gasteiger partial charge is 0.190 e. The van der Waals surface area contributed by atoms with Crippen molar-refractivity contribution in [2.75, 3.05) is 19.8 Å². The van der Waals surface area contributed by atoms with Crippen LogP contribution in [0.1, 0.15) is 78.6 Å². The molecule has 3 saturated carbocycles. The summed E-state index contributed by atoms with van der Waals surface area (Å²) in [5, 5.41) is 12.2. The van der Waals surface area contributed by atoms with Crippen molar-refractivity contribution in [2.45, 2.75) is 84.2 Å². The molecule has 5 nitrogen and oxygen atoms in total. The molecule has 1 N–H and O–H groups in total. The van der Waals surface area contributed by atoms with E-state index in [0.29, 0.717) is 55.3 Å². The second kappa shape index (κ2) is 8.92. The van der Waals surface area contributed by atoms with Crippen molar-refractivity contribution in [3.05, 3.63) is 11.6 Å². The van der Waals surface area contributed by atoms with Gasteiger partial charge in [-0.25, -0.2) is 0 Å². The van der Waals surface area contributed by atoms with Crippen molar-refractivity contribution in [3.63, 3.8) is 0 Å². The van der Waals surface area contributed by atoms with Gasteiger partial charge in [-0.3, -0.25) is 9.59 Å². The normalized spacial score (nSPS) is 40.7. The predicted octanol–water partition coefficient (Wildman–Crippen LogP) is 4.59. The lowest BCUT2D eigenvalue weighted by atomic mass is 9.46. The Morgan fingerprint density at radius 3 is 2.62 bits per heavy atom. The largest absolute Gasteiger partial charge is 0.485 e. The molecule has 32 heavy (non-hydrogen) atoms. The van der Waals surface area contributed by atoms with Crippen LogP contribution in [0.4, 0.5) is 0 Å². The van der Waals surface area contributed by atoms with E-state index in [4.69, 9.17) is 21.7 Å². The first-order valence-corrected chi connectivity index (χ1v) is 12.8. The SMILES string of the molecule is CCC(=S)OCCOCC(=O)[C@@]1(O)CC[C@H]2[C@@H]3CCC4=CC(=O)CC[C@]4(C)[C@H]3CC[C@@]21C. The minimum Gasteiger partial charge on any atom is -0.485 e. The van der Waals surface area contributed by atoms with Crippen LogP contribution in [-0.2, 0) is 19.1 Å².